The highest BCUT2D eigenvalue weighted by molar-refractivity contribution is 6.29. The monoisotopic (exact) mass is 279 g/mol. The molecule has 0 atom stereocenters. The summed E-state index contributed by atoms with van der Waals surface area (Å²) < 4.78 is 5.57. The number of hydrogen-bond acceptors (Lipinski definition) is 4. The van der Waals surface area contributed by atoms with Crippen LogP contribution in [-0.2, 0) is 13.0 Å². The predicted molar refractivity (Wildman–Crippen MR) is 76.6 cm³/mol. The highest BCUT2D eigenvalue weighted by Gasteiger charge is 2.09. The van der Waals surface area contributed by atoms with Gasteiger partial charge in [-0.25, -0.2) is 9.97 Å². The lowest BCUT2D eigenvalue weighted by Crippen LogP contribution is -2.18. The Hall–Kier alpha value is -1.55. The van der Waals surface area contributed by atoms with Crippen molar-refractivity contribution in [3.8, 4) is 0 Å². The van der Waals surface area contributed by atoms with Gasteiger partial charge in [0.2, 0.25) is 0 Å². The fourth-order valence-corrected chi connectivity index (χ4v) is 2.06. The molecule has 0 bridgehead atoms. The molecule has 4 nitrogen and oxygen atoms in total. The van der Waals surface area contributed by atoms with E-state index in [1.165, 1.54) is 0 Å². The van der Waals surface area contributed by atoms with Crippen LogP contribution in [0.15, 0.2) is 22.6 Å². The van der Waals surface area contributed by atoms with Crippen molar-refractivity contribution in [3.63, 3.8) is 0 Å². The molecule has 0 aromatic carbocycles. The van der Waals surface area contributed by atoms with Crippen LogP contribution in [0.2, 0.25) is 5.15 Å². The summed E-state index contributed by atoms with van der Waals surface area (Å²) in [4.78, 5) is 10.7. The van der Waals surface area contributed by atoms with Crippen LogP contribution in [0.5, 0.6) is 0 Å². The van der Waals surface area contributed by atoms with Gasteiger partial charge in [0.25, 0.3) is 0 Å². The number of hydrogen-bond donors (Lipinski definition) is 0. The van der Waals surface area contributed by atoms with Crippen LogP contribution in [-0.4, -0.2) is 17.0 Å². The number of furan rings is 1. The molecule has 0 fully saturated rings. The quantitative estimate of drug-likeness (QED) is 0.784. The van der Waals surface area contributed by atoms with Gasteiger partial charge in [0.1, 0.15) is 28.3 Å². The van der Waals surface area contributed by atoms with Gasteiger partial charge in [-0.2, -0.15) is 0 Å². The van der Waals surface area contributed by atoms with Crippen molar-refractivity contribution < 1.29 is 4.42 Å². The maximum atomic E-state index is 6.04. The van der Waals surface area contributed by atoms with Crippen LogP contribution >= 0.6 is 11.6 Å². The molecule has 0 aliphatic heterocycles. The van der Waals surface area contributed by atoms with E-state index in [-0.39, 0.29) is 0 Å². The Morgan fingerprint density at radius 3 is 2.74 bits per heavy atom. The summed E-state index contributed by atoms with van der Waals surface area (Å²) in [6, 6.07) is 5.71. The van der Waals surface area contributed by atoms with E-state index in [1.54, 1.807) is 6.07 Å². The van der Waals surface area contributed by atoms with Crippen molar-refractivity contribution in [1.29, 1.82) is 0 Å². The second kappa shape index (κ2) is 6.06. The second-order valence-corrected chi connectivity index (χ2v) is 4.97. The Bertz CT molecular complexity index is 553. The maximum Gasteiger partial charge on any atom is 0.134 e. The normalized spacial score (nSPS) is 10.7. The molecule has 19 heavy (non-hydrogen) atoms. The van der Waals surface area contributed by atoms with E-state index < -0.39 is 0 Å². The Morgan fingerprint density at radius 1 is 1.32 bits per heavy atom. The molecule has 0 saturated heterocycles. The van der Waals surface area contributed by atoms with E-state index in [9.17, 15) is 0 Å². The minimum atomic E-state index is 0.482. The number of aryl methyl sites for hydroxylation is 2. The molecule has 0 aliphatic carbocycles. The molecule has 5 heteroatoms. The third-order valence-electron chi connectivity index (χ3n) is 2.78. The van der Waals surface area contributed by atoms with Crippen molar-refractivity contribution in [2.24, 2.45) is 0 Å². The zero-order chi connectivity index (χ0) is 13.8. The lowest BCUT2D eigenvalue weighted by molar-refractivity contribution is 0.481. The first kappa shape index (κ1) is 13.9. The second-order valence-electron chi connectivity index (χ2n) is 4.58. The third-order valence-corrected chi connectivity index (χ3v) is 2.98. The van der Waals surface area contributed by atoms with Crippen LogP contribution in [0.4, 0.5) is 5.82 Å². The number of anilines is 1. The van der Waals surface area contributed by atoms with Gasteiger partial charge >= 0.3 is 0 Å². The molecule has 0 N–H and O–H groups in total. The first-order valence-corrected chi connectivity index (χ1v) is 6.76. The highest BCUT2D eigenvalue weighted by atomic mass is 35.5. The number of rotatable bonds is 5. The largest absolute Gasteiger partial charge is 0.464 e. The third kappa shape index (κ3) is 3.70. The lowest BCUT2D eigenvalue weighted by Gasteiger charge is -2.17. The summed E-state index contributed by atoms with van der Waals surface area (Å²) in [5.74, 6) is 3.42. The van der Waals surface area contributed by atoms with Crippen LogP contribution in [0.1, 0.15) is 30.7 Å². The molecule has 0 saturated carbocycles. The van der Waals surface area contributed by atoms with Crippen LogP contribution in [0.25, 0.3) is 0 Å². The van der Waals surface area contributed by atoms with E-state index in [0.29, 0.717) is 11.7 Å². The molecule has 0 unspecified atom stereocenters. The summed E-state index contributed by atoms with van der Waals surface area (Å²) >= 11 is 6.04. The predicted octanol–water partition coefficient (Wildman–Crippen LogP) is 3.62. The molecule has 0 aliphatic rings. The van der Waals surface area contributed by atoms with Crippen molar-refractivity contribution in [2.45, 2.75) is 33.2 Å². The first-order chi connectivity index (χ1) is 9.08. The van der Waals surface area contributed by atoms with Gasteiger partial charge in [0, 0.05) is 19.5 Å². The Kier molecular flexibility index (Phi) is 4.43. The van der Waals surface area contributed by atoms with Gasteiger partial charge in [-0.1, -0.05) is 18.5 Å². The molecule has 0 amide bonds. The van der Waals surface area contributed by atoms with Crippen molar-refractivity contribution >= 4 is 17.4 Å². The fourth-order valence-electron chi connectivity index (χ4n) is 1.87. The minimum absolute atomic E-state index is 0.482. The highest BCUT2D eigenvalue weighted by Crippen LogP contribution is 2.18. The van der Waals surface area contributed by atoms with E-state index in [1.807, 2.05) is 31.0 Å². The molecule has 102 valence electrons. The standard InChI is InChI=1S/C14H18ClN3O/c1-4-5-13-16-12(15)8-14(17-13)18(3)9-11-7-6-10(2)19-11/h6-8H,4-5,9H2,1-3H3. The number of halogens is 1. The van der Waals surface area contributed by atoms with Gasteiger partial charge in [-0.3, -0.25) is 0 Å². The van der Waals surface area contributed by atoms with Crippen molar-refractivity contribution in [1.82, 2.24) is 9.97 Å². The van der Waals surface area contributed by atoms with E-state index in [2.05, 4.69) is 16.9 Å². The topological polar surface area (TPSA) is 42.2 Å². The van der Waals surface area contributed by atoms with E-state index in [0.717, 1.165) is 36.0 Å². The summed E-state index contributed by atoms with van der Waals surface area (Å²) in [6.45, 7) is 4.69. The van der Waals surface area contributed by atoms with Gasteiger partial charge in [-0.05, 0) is 25.5 Å². The molecular weight excluding hydrogens is 262 g/mol. The Morgan fingerprint density at radius 2 is 2.11 bits per heavy atom. The summed E-state index contributed by atoms with van der Waals surface area (Å²) in [6.07, 6.45) is 1.84. The minimum Gasteiger partial charge on any atom is -0.464 e. The summed E-state index contributed by atoms with van der Waals surface area (Å²) in [5, 5.41) is 0.482. The van der Waals surface area contributed by atoms with E-state index in [4.69, 9.17) is 16.0 Å². The molecule has 0 radical (unpaired) electrons. The van der Waals surface area contributed by atoms with E-state index >= 15 is 0 Å². The molecular formula is C14H18ClN3O. The zero-order valence-corrected chi connectivity index (χ0v) is 12.2. The van der Waals surface area contributed by atoms with Crippen molar-refractivity contribution in [2.75, 3.05) is 11.9 Å². The van der Waals surface area contributed by atoms with Crippen LogP contribution in [0.3, 0.4) is 0 Å². The average molecular weight is 280 g/mol. The smallest absolute Gasteiger partial charge is 0.134 e. The van der Waals surface area contributed by atoms with Crippen LogP contribution < -0.4 is 4.90 Å². The molecule has 2 aromatic rings. The van der Waals surface area contributed by atoms with Gasteiger partial charge in [-0.15, -0.1) is 0 Å². The summed E-state index contributed by atoms with van der Waals surface area (Å²) in [5.41, 5.74) is 0. The Labute approximate surface area is 118 Å². The lowest BCUT2D eigenvalue weighted by atomic mass is 10.3. The average Bonchev–Trinajstić information content (AvgIpc) is 2.74. The molecule has 2 heterocycles. The molecule has 2 aromatic heterocycles. The van der Waals surface area contributed by atoms with Gasteiger partial charge in [0.05, 0.1) is 6.54 Å². The van der Waals surface area contributed by atoms with Crippen LogP contribution in [0, 0.1) is 6.92 Å². The Balaban J connectivity index is 2.15. The molecule has 0 spiro atoms. The fraction of sp³-hybridized carbons (Fsp3) is 0.429. The van der Waals surface area contributed by atoms with Gasteiger partial charge < -0.3 is 9.32 Å². The van der Waals surface area contributed by atoms with Gasteiger partial charge in [0.15, 0.2) is 0 Å². The number of nitrogens with zero attached hydrogens (tertiary/aromatic N) is 3. The number of aromatic nitrogens is 2. The first-order valence-electron chi connectivity index (χ1n) is 6.38. The SMILES string of the molecule is CCCc1nc(Cl)cc(N(C)Cc2ccc(C)o2)n1. The maximum absolute atomic E-state index is 6.04. The van der Waals surface area contributed by atoms with Crippen molar-refractivity contribution in [3.05, 3.63) is 40.7 Å². The molecule has 2 rings (SSSR count). The summed E-state index contributed by atoms with van der Waals surface area (Å²) in [7, 11) is 1.96. The zero-order valence-electron chi connectivity index (χ0n) is 11.5.